The van der Waals surface area contributed by atoms with Crippen molar-refractivity contribution in [2.45, 2.75) is 20.5 Å². The molecule has 5 nitrogen and oxygen atoms in total. The molecule has 0 saturated carbocycles. The fourth-order valence-electron chi connectivity index (χ4n) is 1.77. The first-order valence-corrected chi connectivity index (χ1v) is 6.55. The summed E-state index contributed by atoms with van der Waals surface area (Å²) in [5, 5.41) is 0. The first-order valence-electron chi connectivity index (χ1n) is 6.55. The van der Waals surface area contributed by atoms with Gasteiger partial charge in [0.1, 0.15) is 12.3 Å². The van der Waals surface area contributed by atoms with Gasteiger partial charge in [0, 0.05) is 18.3 Å². The average molecular weight is 284 g/mol. The Kier molecular flexibility index (Phi) is 4.66. The van der Waals surface area contributed by atoms with Crippen molar-refractivity contribution < 1.29 is 9.53 Å². The molecule has 0 atom stereocenters. The standard InChI is InChI=1S/C16H16N2O3/c1-3-4-5-6-16(20)21-11-13-9-15(19)18-10-12(2)7-8-14(18)17-13/h3-10H,11H2,1-2H3/b4-3+,6-5+. The zero-order chi connectivity index (χ0) is 15.2. The maximum atomic E-state index is 12.0. The molecule has 2 aromatic heterocycles. The smallest absolute Gasteiger partial charge is 0.331 e. The summed E-state index contributed by atoms with van der Waals surface area (Å²) >= 11 is 0. The van der Waals surface area contributed by atoms with Crippen molar-refractivity contribution in [1.29, 1.82) is 0 Å². The first-order chi connectivity index (χ1) is 10.1. The summed E-state index contributed by atoms with van der Waals surface area (Å²) in [6.45, 7) is 3.72. The van der Waals surface area contributed by atoms with Gasteiger partial charge in [-0.2, -0.15) is 0 Å². The Morgan fingerprint density at radius 3 is 2.95 bits per heavy atom. The third-order valence-electron chi connectivity index (χ3n) is 2.76. The average Bonchev–Trinajstić information content (AvgIpc) is 2.46. The molecule has 0 radical (unpaired) electrons. The third kappa shape index (κ3) is 3.89. The Morgan fingerprint density at radius 2 is 2.19 bits per heavy atom. The largest absolute Gasteiger partial charge is 0.456 e. The van der Waals surface area contributed by atoms with Gasteiger partial charge in [0.15, 0.2) is 0 Å². The van der Waals surface area contributed by atoms with Gasteiger partial charge in [0.2, 0.25) is 0 Å². The highest BCUT2D eigenvalue weighted by Gasteiger charge is 2.04. The second-order valence-corrected chi connectivity index (χ2v) is 4.51. The SMILES string of the molecule is C/C=C/C=C/C(=O)OCc1cc(=O)n2cc(C)ccc2n1. The van der Waals surface area contributed by atoms with E-state index in [4.69, 9.17) is 4.74 Å². The minimum atomic E-state index is -0.473. The number of carbonyl (C=O) groups is 1. The van der Waals surface area contributed by atoms with Crippen LogP contribution in [-0.2, 0) is 16.1 Å². The summed E-state index contributed by atoms with van der Waals surface area (Å²) in [5.74, 6) is -0.473. The van der Waals surface area contributed by atoms with Crippen LogP contribution in [0.5, 0.6) is 0 Å². The van der Waals surface area contributed by atoms with E-state index in [-0.39, 0.29) is 12.2 Å². The maximum absolute atomic E-state index is 12.0. The number of ether oxygens (including phenoxy) is 1. The lowest BCUT2D eigenvalue weighted by Gasteiger charge is -2.05. The number of hydrogen-bond acceptors (Lipinski definition) is 4. The lowest BCUT2D eigenvalue weighted by molar-refractivity contribution is -0.139. The van der Waals surface area contributed by atoms with Crippen LogP contribution in [0, 0.1) is 6.92 Å². The second-order valence-electron chi connectivity index (χ2n) is 4.51. The number of allylic oxidation sites excluding steroid dienone is 3. The van der Waals surface area contributed by atoms with Crippen molar-refractivity contribution in [3.8, 4) is 0 Å². The van der Waals surface area contributed by atoms with Gasteiger partial charge in [0.05, 0.1) is 5.69 Å². The summed E-state index contributed by atoms with van der Waals surface area (Å²) in [6, 6.07) is 5.00. The molecule has 0 amide bonds. The number of carbonyl (C=O) groups excluding carboxylic acids is 1. The monoisotopic (exact) mass is 284 g/mol. The Balaban J connectivity index is 2.15. The van der Waals surface area contributed by atoms with Crippen LogP contribution < -0.4 is 5.56 Å². The topological polar surface area (TPSA) is 60.7 Å². The van der Waals surface area contributed by atoms with Gasteiger partial charge in [0.25, 0.3) is 5.56 Å². The zero-order valence-corrected chi connectivity index (χ0v) is 11.9. The second kappa shape index (κ2) is 6.65. The number of esters is 1. The van der Waals surface area contributed by atoms with Crippen molar-refractivity contribution in [2.24, 2.45) is 0 Å². The van der Waals surface area contributed by atoms with E-state index in [1.54, 1.807) is 30.5 Å². The van der Waals surface area contributed by atoms with Gasteiger partial charge in [-0.15, -0.1) is 0 Å². The molecule has 0 aliphatic heterocycles. The van der Waals surface area contributed by atoms with Crippen LogP contribution in [0.1, 0.15) is 18.2 Å². The minimum Gasteiger partial charge on any atom is -0.456 e. The highest BCUT2D eigenvalue weighted by atomic mass is 16.5. The Bertz CT molecular complexity index is 773. The molecule has 0 bridgehead atoms. The van der Waals surface area contributed by atoms with E-state index in [0.29, 0.717) is 11.3 Å². The molecule has 2 heterocycles. The lowest BCUT2D eigenvalue weighted by Crippen LogP contribution is -2.16. The number of nitrogens with zero attached hydrogens (tertiary/aromatic N) is 2. The van der Waals surface area contributed by atoms with Gasteiger partial charge in [-0.05, 0) is 25.5 Å². The van der Waals surface area contributed by atoms with Gasteiger partial charge < -0.3 is 4.74 Å². The molecular formula is C16H16N2O3. The summed E-state index contributed by atoms with van der Waals surface area (Å²) in [5.41, 5.74) is 1.74. The van der Waals surface area contributed by atoms with Crippen LogP contribution >= 0.6 is 0 Å². The van der Waals surface area contributed by atoms with Gasteiger partial charge >= 0.3 is 5.97 Å². The third-order valence-corrected chi connectivity index (χ3v) is 2.76. The fraction of sp³-hybridized carbons (Fsp3) is 0.188. The molecule has 0 spiro atoms. The summed E-state index contributed by atoms with van der Waals surface area (Å²) in [7, 11) is 0. The van der Waals surface area contributed by atoms with Crippen molar-refractivity contribution in [3.63, 3.8) is 0 Å². The predicted molar refractivity (Wildman–Crippen MR) is 79.9 cm³/mol. The highest BCUT2D eigenvalue weighted by Crippen LogP contribution is 2.03. The van der Waals surface area contributed by atoms with Crippen LogP contribution in [0.4, 0.5) is 0 Å². The normalized spacial score (nSPS) is 11.5. The maximum Gasteiger partial charge on any atom is 0.331 e. The number of aromatic nitrogens is 2. The predicted octanol–water partition coefficient (Wildman–Crippen LogP) is 2.18. The van der Waals surface area contributed by atoms with Crippen LogP contribution in [0.25, 0.3) is 5.65 Å². The van der Waals surface area contributed by atoms with Crippen LogP contribution in [0.3, 0.4) is 0 Å². The molecular weight excluding hydrogens is 268 g/mol. The number of hydrogen-bond donors (Lipinski definition) is 0. The number of fused-ring (bicyclic) bond motifs is 1. The zero-order valence-electron chi connectivity index (χ0n) is 11.9. The van der Waals surface area contributed by atoms with Crippen molar-refractivity contribution in [1.82, 2.24) is 9.38 Å². The molecule has 2 rings (SSSR count). The molecule has 0 aliphatic rings. The van der Waals surface area contributed by atoms with Gasteiger partial charge in [-0.1, -0.05) is 24.3 Å². The lowest BCUT2D eigenvalue weighted by atomic mass is 10.3. The van der Waals surface area contributed by atoms with E-state index in [0.717, 1.165) is 5.56 Å². The molecule has 0 aliphatic carbocycles. The highest BCUT2D eigenvalue weighted by molar-refractivity contribution is 5.82. The van der Waals surface area contributed by atoms with Gasteiger partial charge in [-0.25, -0.2) is 9.78 Å². The van der Waals surface area contributed by atoms with Crippen molar-refractivity contribution in [2.75, 3.05) is 0 Å². The minimum absolute atomic E-state index is 0.0291. The Labute approximate surface area is 122 Å². The molecule has 0 aromatic carbocycles. The van der Waals surface area contributed by atoms with E-state index in [1.807, 2.05) is 19.9 Å². The molecule has 0 fully saturated rings. The Hall–Kier alpha value is -2.69. The molecule has 0 N–H and O–H groups in total. The van der Waals surface area contributed by atoms with Crippen LogP contribution in [0.2, 0.25) is 0 Å². The van der Waals surface area contributed by atoms with Crippen LogP contribution in [0.15, 0.2) is 53.5 Å². The molecule has 5 heteroatoms. The number of rotatable bonds is 4. The fourth-order valence-corrected chi connectivity index (χ4v) is 1.77. The Morgan fingerprint density at radius 1 is 1.38 bits per heavy atom. The summed E-state index contributed by atoms with van der Waals surface area (Å²) < 4.78 is 6.50. The summed E-state index contributed by atoms with van der Waals surface area (Å²) in [6.07, 6.45) is 8.16. The molecule has 0 saturated heterocycles. The van der Waals surface area contributed by atoms with E-state index >= 15 is 0 Å². The molecule has 108 valence electrons. The first kappa shape index (κ1) is 14.7. The molecule has 2 aromatic rings. The number of aryl methyl sites for hydroxylation is 1. The summed E-state index contributed by atoms with van der Waals surface area (Å²) in [4.78, 5) is 27.7. The van der Waals surface area contributed by atoms with Gasteiger partial charge in [-0.3, -0.25) is 9.20 Å². The molecule has 0 unspecified atom stereocenters. The van der Waals surface area contributed by atoms with Crippen molar-refractivity contribution in [3.05, 3.63) is 70.3 Å². The van der Waals surface area contributed by atoms with Crippen LogP contribution in [-0.4, -0.2) is 15.4 Å². The quantitative estimate of drug-likeness (QED) is 0.490. The number of pyridine rings is 1. The van der Waals surface area contributed by atoms with E-state index in [1.165, 1.54) is 16.5 Å². The molecule has 21 heavy (non-hydrogen) atoms. The van der Waals surface area contributed by atoms with E-state index in [9.17, 15) is 9.59 Å². The van der Waals surface area contributed by atoms with Crippen molar-refractivity contribution >= 4 is 11.6 Å². The van der Waals surface area contributed by atoms with E-state index in [2.05, 4.69) is 4.98 Å². The van der Waals surface area contributed by atoms with E-state index < -0.39 is 5.97 Å².